The Kier molecular flexibility index (Phi) is 53.2. The molecule has 1 aliphatic rings. The van der Waals surface area contributed by atoms with Crippen LogP contribution in [0.5, 0.6) is 0 Å². The minimum Gasteiger partial charge on any atom is -0.466 e. The quantitative estimate of drug-likeness (QED) is 0.0400. The van der Waals surface area contributed by atoms with E-state index >= 15 is 0 Å². The molecule has 1 rings (SSSR count). The van der Waals surface area contributed by atoms with E-state index in [0.29, 0.717) is 44.3 Å². The lowest BCUT2D eigenvalue weighted by molar-refractivity contribution is -0.146. The topological polar surface area (TPSA) is 81.9 Å². The molecule has 1 unspecified atom stereocenters. The third-order valence-corrected chi connectivity index (χ3v) is 11.6. The smallest absolute Gasteiger partial charge is 0.305 e. The van der Waals surface area contributed by atoms with Crippen LogP contribution >= 0.6 is 21.6 Å². The average Bonchev–Trinajstić information content (AvgIpc) is 3.18. The van der Waals surface area contributed by atoms with Gasteiger partial charge in [-0.2, -0.15) is 0 Å². The Morgan fingerprint density at radius 2 is 1.11 bits per heavy atom. The summed E-state index contributed by atoms with van der Waals surface area (Å²) in [7, 11) is 3.77. The van der Waals surface area contributed by atoms with Gasteiger partial charge < -0.3 is 20.1 Å². The number of likely N-dealkylation sites (tertiary alicyclic amines) is 1. The molecular formula is C45H94N2O4S2. The summed E-state index contributed by atoms with van der Waals surface area (Å²) in [5, 5.41) is 0. The van der Waals surface area contributed by atoms with E-state index in [4.69, 9.17) is 15.2 Å². The zero-order valence-electron chi connectivity index (χ0n) is 37.0. The third-order valence-electron chi connectivity index (χ3n) is 9.84. The summed E-state index contributed by atoms with van der Waals surface area (Å²) in [5.41, 5.74) is 5.39. The Morgan fingerprint density at radius 1 is 0.660 bits per heavy atom. The molecule has 1 atom stereocenters. The summed E-state index contributed by atoms with van der Waals surface area (Å²) in [6.07, 6.45) is 32.8. The Bertz CT molecular complexity index is 700. The second-order valence-corrected chi connectivity index (χ2v) is 17.0. The van der Waals surface area contributed by atoms with E-state index in [-0.39, 0.29) is 11.9 Å². The summed E-state index contributed by atoms with van der Waals surface area (Å²) in [6.45, 7) is 20.2. The lowest BCUT2D eigenvalue weighted by atomic mass is 9.94. The lowest BCUT2D eigenvalue weighted by Gasteiger charge is -2.31. The summed E-state index contributed by atoms with van der Waals surface area (Å²) < 4.78 is 11.1. The summed E-state index contributed by atoms with van der Waals surface area (Å²) in [4.78, 5) is 27.0. The van der Waals surface area contributed by atoms with E-state index in [1.807, 2.05) is 49.3 Å². The van der Waals surface area contributed by atoms with Crippen LogP contribution in [0.4, 0.5) is 0 Å². The van der Waals surface area contributed by atoms with Crippen molar-refractivity contribution in [2.24, 2.45) is 17.6 Å². The molecule has 1 aliphatic heterocycles. The van der Waals surface area contributed by atoms with Gasteiger partial charge in [-0.15, -0.1) is 0 Å². The second-order valence-electron chi connectivity index (χ2n) is 14.4. The molecule has 320 valence electrons. The van der Waals surface area contributed by atoms with Gasteiger partial charge in [0, 0.05) is 25.1 Å². The highest BCUT2D eigenvalue weighted by molar-refractivity contribution is 8.76. The number of carbonyl (C=O) groups is 2. The molecule has 53 heavy (non-hydrogen) atoms. The van der Waals surface area contributed by atoms with Crippen LogP contribution in [0.2, 0.25) is 0 Å². The number of rotatable bonds is 33. The minimum atomic E-state index is -0.179. The van der Waals surface area contributed by atoms with Gasteiger partial charge in [-0.3, -0.25) is 9.59 Å². The van der Waals surface area contributed by atoms with Gasteiger partial charge in [0.1, 0.15) is 0 Å². The highest BCUT2D eigenvalue weighted by Crippen LogP contribution is 2.23. The van der Waals surface area contributed by atoms with Gasteiger partial charge in [-0.1, -0.05) is 179 Å². The van der Waals surface area contributed by atoms with Crippen molar-refractivity contribution in [3.63, 3.8) is 0 Å². The molecule has 0 saturated carbocycles. The molecule has 1 saturated heterocycles. The van der Waals surface area contributed by atoms with E-state index in [2.05, 4.69) is 31.9 Å². The van der Waals surface area contributed by atoms with Crippen molar-refractivity contribution >= 4 is 33.5 Å². The molecule has 1 fully saturated rings. The minimum absolute atomic E-state index is 0.165. The first kappa shape index (κ1) is 56.9. The van der Waals surface area contributed by atoms with Crippen molar-refractivity contribution in [2.45, 2.75) is 215 Å². The molecule has 2 N–H and O–H groups in total. The SMILES string of the molecule is CC.CC.CCCCCCCCC(CCCCCC)COC(=O)CCCC(=O)OCCC1CCN(CCSSC)CC1.CCCCCCCCCCN. The molecule has 0 aromatic carbocycles. The van der Waals surface area contributed by atoms with Crippen molar-refractivity contribution in [2.75, 3.05) is 51.4 Å². The Hall–Kier alpha value is -0.440. The van der Waals surface area contributed by atoms with Crippen molar-refractivity contribution in [1.82, 2.24) is 4.90 Å². The molecule has 0 aliphatic carbocycles. The maximum Gasteiger partial charge on any atom is 0.305 e. The van der Waals surface area contributed by atoms with E-state index in [1.165, 1.54) is 141 Å². The first-order chi connectivity index (χ1) is 26.0. The van der Waals surface area contributed by atoms with Crippen LogP contribution in [0.15, 0.2) is 0 Å². The normalized spacial score (nSPS) is 13.5. The zero-order valence-corrected chi connectivity index (χ0v) is 38.6. The summed E-state index contributed by atoms with van der Waals surface area (Å²) in [5.74, 6) is 1.99. The Morgan fingerprint density at radius 3 is 1.60 bits per heavy atom. The van der Waals surface area contributed by atoms with E-state index < -0.39 is 0 Å². The summed E-state index contributed by atoms with van der Waals surface area (Å²) in [6, 6.07) is 0. The molecule has 0 amide bonds. The van der Waals surface area contributed by atoms with E-state index in [9.17, 15) is 9.59 Å². The number of nitrogens with zero attached hydrogens (tertiary/aromatic N) is 1. The molecule has 0 spiro atoms. The molecule has 0 bridgehead atoms. The van der Waals surface area contributed by atoms with Gasteiger partial charge in [-0.25, -0.2) is 0 Å². The molecular weight excluding hydrogens is 697 g/mol. The van der Waals surface area contributed by atoms with Crippen LogP contribution in [0, 0.1) is 11.8 Å². The number of esters is 2. The fourth-order valence-corrected chi connectivity index (χ4v) is 7.71. The number of unbranched alkanes of at least 4 members (excludes halogenated alkanes) is 15. The number of ether oxygens (including phenoxy) is 2. The van der Waals surface area contributed by atoms with Gasteiger partial charge in [0.05, 0.1) is 13.2 Å². The number of hydrogen-bond acceptors (Lipinski definition) is 8. The van der Waals surface area contributed by atoms with Gasteiger partial charge in [-0.05, 0) is 82.7 Å². The molecule has 0 aromatic rings. The van der Waals surface area contributed by atoms with Crippen molar-refractivity contribution < 1.29 is 19.1 Å². The molecule has 6 nitrogen and oxygen atoms in total. The van der Waals surface area contributed by atoms with Crippen molar-refractivity contribution in [3.8, 4) is 0 Å². The van der Waals surface area contributed by atoms with Gasteiger partial charge in [0.2, 0.25) is 0 Å². The predicted octanol–water partition coefficient (Wildman–Crippen LogP) is 13.8. The molecule has 0 radical (unpaired) electrons. The first-order valence-electron chi connectivity index (χ1n) is 22.9. The highest BCUT2D eigenvalue weighted by Gasteiger charge is 2.19. The molecule has 0 aromatic heterocycles. The monoisotopic (exact) mass is 791 g/mol. The van der Waals surface area contributed by atoms with Crippen LogP contribution in [-0.2, 0) is 19.1 Å². The highest BCUT2D eigenvalue weighted by atomic mass is 33.1. The van der Waals surface area contributed by atoms with Crippen molar-refractivity contribution in [3.05, 3.63) is 0 Å². The van der Waals surface area contributed by atoms with Gasteiger partial charge >= 0.3 is 11.9 Å². The van der Waals surface area contributed by atoms with Gasteiger partial charge in [0.15, 0.2) is 0 Å². The van der Waals surface area contributed by atoms with E-state index in [1.54, 1.807) is 0 Å². The van der Waals surface area contributed by atoms with E-state index in [0.717, 1.165) is 38.9 Å². The van der Waals surface area contributed by atoms with Gasteiger partial charge in [0.25, 0.3) is 0 Å². The number of carbonyl (C=O) groups excluding carboxylic acids is 2. The standard InChI is InChI=1S/C31H59NO4S2.C10H23N.2C2H6/c1-4-6-8-10-11-13-16-29(15-12-9-7-5-2)27-36-31(34)18-14-17-30(33)35-25-21-28-19-22-32(23-20-28)24-26-38-37-3;1-2-3-4-5-6-7-8-9-10-11;2*1-2/h28-29H,4-27H2,1-3H3;2-11H2,1H3;2*1-2H3. The molecule has 1 heterocycles. The van der Waals surface area contributed by atoms with Crippen LogP contribution in [0.25, 0.3) is 0 Å². The maximum absolute atomic E-state index is 12.3. The zero-order chi connectivity index (χ0) is 40.0. The lowest BCUT2D eigenvalue weighted by Crippen LogP contribution is -2.35. The first-order valence-corrected chi connectivity index (χ1v) is 25.6. The summed E-state index contributed by atoms with van der Waals surface area (Å²) >= 11 is 0. The fourth-order valence-electron chi connectivity index (χ4n) is 6.48. The number of piperidine rings is 1. The van der Waals surface area contributed by atoms with Crippen molar-refractivity contribution in [1.29, 1.82) is 0 Å². The van der Waals surface area contributed by atoms with Crippen LogP contribution in [0.3, 0.4) is 0 Å². The fraction of sp³-hybridized carbons (Fsp3) is 0.956. The van der Waals surface area contributed by atoms with Crippen LogP contribution in [0.1, 0.15) is 215 Å². The Balaban J connectivity index is -0.00000141. The maximum atomic E-state index is 12.3. The number of nitrogens with two attached hydrogens (primary N) is 1. The third kappa shape index (κ3) is 44.1. The Labute approximate surface area is 340 Å². The largest absolute Gasteiger partial charge is 0.466 e. The molecule has 8 heteroatoms. The number of hydrogen-bond donors (Lipinski definition) is 1. The van der Waals surface area contributed by atoms with Crippen LogP contribution < -0.4 is 5.73 Å². The predicted molar refractivity (Wildman–Crippen MR) is 240 cm³/mol. The second kappa shape index (κ2) is 49.6. The average molecular weight is 791 g/mol. The van der Waals surface area contributed by atoms with Crippen LogP contribution in [-0.4, -0.2) is 68.2 Å².